The normalized spacial score (nSPS) is 10.2. The van der Waals surface area contributed by atoms with Gasteiger partial charge in [0.15, 0.2) is 0 Å². The first kappa shape index (κ1) is 24.8. The highest BCUT2D eigenvalue weighted by Crippen LogP contribution is 2.20. The average molecular weight is 494 g/mol. The molecule has 0 amide bonds. The fourth-order valence-corrected chi connectivity index (χ4v) is 3.38. The summed E-state index contributed by atoms with van der Waals surface area (Å²) in [5, 5.41) is 17.6. The maximum absolute atomic E-state index is 13.7. The van der Waals surface area contributed by atoms with Crippen LogP contribution in [0.1, 0.15) is 43.0 Å². The predicted molar refractivity (Wildman–Crippen MR) is 128 cm³/mol. The van der Waals surface area contributed by atoms with Crippen LogP contribution in [0.2, 0.25) is 0 Å². The SMILES string of the molecule is N#Cc1ccc(OC(=O)c2ccc(Cc3ccc(C(=O)Oc4ccc(C#N)c(F)c4)cc3)cc2)cc1F. The smallest absolute Gasteiger partial charge is 0.343 e. The molecule has 180 valence electrons. The Bertz CT molecular complexity index is 1450. The number of hydrogen-bond acceptors (Lipinski definition) is 6. The zero-order valence-electron chi connectivity index (χ0n) is 19.1. The van der Waals surface area contributed by atoms with E-state index < -0.39 is 23.6 Å². The van der Waals surface area contributed by atoms with E-state index in [2.05, 4.69) is 0 Å². The molecule has 4 rings (SSSR count). The molecule has 0 aliphatic carbocycles. The van der Waals surface area contributed by atoms with E-state index in [4.69, 9.17) is 20.0 Å². The molecule has 0 radical (unpaired) electrons. The number of ether oxygens (including phenoxy) is 2. The Balaban J connectivity index is 1.35. The highest BCUT2D eigenvalue weighted by atomic mass is 19.1. The van der Waals surface area contributed by atoms with Gasteiger partial charge in [-0.05, 0) is 66.1 Å². The van der Waals surface area contributed by atoms with Gasteiger partial charge in [-0.1, -0.05) is 24.3 Å². The van der Waals surface area contributed by atoms with E-state index in [9.17, 15) is 18.4 Å². The van der Waals surface area contributed by atoms with Crippen molar-refractivity contribution in [3.05, 3.63) is 130 Å². The summed E-state index contributed by atoms with van der Waals surface area (Å²) in [5.74, 6) is -2.89. The van der Waals surface area contributed by atoms with Crippen LogP contribution in [0.5, 0.6) is 11.5 Å². The van der Waals surface area contributed by atoms with Crippen molar-refractivity contribution in [2.24, 2.45) is 0 Å². The minimum absolute atomic E-state index is 0.00601. The summed E-state index contributed by atoms with van der Waals surface area (Å²) in [6, 6.07) is 23.8. The minimum atomic E-state index is -0.773. The number of carbonyl (C=O) groups excluding carboxylic acids is 2. The first-order valence-electron chi connectivity index (χ1n) is 10.9. The van der Waals surface area contributed by atoms with Crippen molar-refractivity contribution in [2.75, 3.05) is 0 Å². The second kappa shape index (κ2) is 10.9. The number of rotatable bonds is 6. The summed E-state index contributed by atoms with van der Waals surface area (Å²) in [6.07, 6.45) is 0.520. The van der Waals surface area contributed by atoms with E-state index in [1.165, 1.54) is 24.3 Å². The maximum Gasteiger partial charge on any atom is 0.343 e. The van der Waals surface area contributed by atoms with Crippen molar-refractivity contribution in [3.8, 4) is 23.6 Å². The maximum atomic E-state index is 13.7. The van der Waals surface area contributed by atoms with Gasteiger partial charge in [0.05, 0.1) is 22.3 Å². The monoisotopic (exact) mass is 494 g/mol. The molecular formula is C29H16F2N2O4. The summed E-state index contributed by atoms with van der Waals surface area (Å²) in [5.41, 5.74) is 2.04. The quantitative estimate of drug-likeness (QED) is 0.250. The Kier molecular flexibility index (Phi) is 7.32. The lowest BCUT2D eigenvalue weighted by Gasteiger charge is -2.08. The van der Waals surface area contributed by atoms with Gasteiger partial charge in [0, 0.05) is 12.1 Å². The molecular weight excluding hydrogens is 478 g/mol. The second-order valence-electron chi connectivity index (χ2n) is 7.86. The van der Waals surface area contributed by atoms with Crippen LogP contribution in [0.15, 0.2) is 84.9 Å². The Hall–Kier alpha value is -5.34. The van der Waals surface area contributed by atoms with Crippen molar-refractivity contribution < 1.29 is 27.8 Å². The zero-order chi connectivity index (χ0) is 26.4. The number of hydrogen-bond donors (Lipinski definition) is 0. The molecule has 0 heterocycles. The van der Waals surface area contributed by atoms with Gasteiger partial charge in [-0.3, -0.25) is 0 Å². The summed E-state index contributed by atoms with van der Waals surface area (Å²) < 4.78 is 37.8. The van der Waals surface area contributed by atoms with Gasteiger partial charge in [0.2, 0.25) is 0 Å². The van der Waals surface area contributed by atoms with E-state index in [0.29, 0.717) is 6.42 Å². The summed E-state index contributed by atoms with van der Waals surface area (Å²) >= 11 is 0. The third-order valence-corrected chi connectivity index (χ3v) is 5.33. The van der Waals surface area contributed by atoms with Gasteiger partial charge < -0.3 is 9.47 Å². The molecule has 4 aromatic carbocycles. The van der Waals surface area contributed by atoms with Crippen LogP contribution in [0.3, 0.4) is 0 Å². The Morgan fingerprint density at radius 3 is 1.32 bits per heavy atom. The molecule has 37 heavy (non-hydrogen) atoms. The number of halogens is 2. The lowest BCUT2D eigenvalue weighted by Crippen LogP contribution is -2.09. The van der Waals surface area contributed by atoms with Crippen LogP contribution in [0.25, 0.3) is 0 Å². The van der Waals surface area contributed by atoms with Gasteiger partial charge in [-0.15, -0.1) is 0 Å². The van der Waals surface area contributed by atoms with Crippen molar-refractivity contribution in [3.63, 3.8) is 0 Å². The Morgan fingerprint density at radius 2 is 1.00 bits per heavy atom. The molecule has 0 saturated heterocycles. The molecule has 0 saturated carbocycles. The number of esters is 2. The van der Waals surface area contributed by atoms with Crippen LogP contribution < -0.4 is 9.47 Å². The largest absolute Gasteiger partial charge is 0.423 e. The van der Waals surface area contributed by atoms with Crippen molar-refractivity contribution in [1.29, 1.82) is 10.5 Å². The van der Waals surface area contributed by atoms with Crippen molar-refractivity contribution >= 4 is 11.9 Å². The standard InChI is InChI=1S/C29H16F2N2O4/c30-26-14-24(11-9-22(26)16-32)36-28(34)20-5-1-18(2-6-20)13-19-3-7-21(8-4-19)29(35)37-25-12-10-23(17-33)27(31)15-25/h1-12,14-15H,13H2. The fraction of sp³-hybridized carbons (Fsp3) is 0.0345. The molecule has 0 aliphatic rings. The number of nitrogens with zero attached hydrogens (tertiary/aromatic N) is 2. The summed E-state index contributed by atoms with van der Waals surface area (Å²) in [7, 11) is 0. The van der Waals surface area contributed by atoms with Crippen molar-refractivity contribution in [1.82, 2.24) is 0 Å². The van der Waals surface area contributed by atoms with Gasteiger partial charge >= 0.3 is 11.9 Å². The summed E-state index contributed by atoms with van der Waals surface area (Å²) in [6.45, 7) is 0. The molecule has 0 fully saturated rings. The van der Waals surface area contributed by atoms with Gasteiger partial charge in [0.1, 0.15) is 35.3 Å². The van der Waals surface area contributed by atoms with Gasteiger partial charge in [-0.2, -0.15) is 10.5 Å². The predicted octanol–water partition coefficient (Wildman–Crippen LogP) is 5.74. The molecule has 0 aliphatic heterocycles. The third kappa shape index (κ3) is 6.02. The van der Waals surface area contributed by atoms with Crippen molar-refractivity contribution in [2.45, 2.75) is 6.42 Å². The van der Waals surface area contributed by atoms with E-state index in [1.54, 1.807) is 60.7 Å². The lowest BCUT2D eigenvalue weighted by molar-refractivity contribution is 0.0724. The fourth-order valence-electron chi connectivity index (χ4n) is 3.38. The number of carbonyl (C=O) groups is 2. The summed E-state index contributed by atoms with van der Waals surface area (Å²) in [4.78, 5) is 24.7. The second-order valence-corrected chi connectivity index (χ2v) is 7.86. The van der Waals surface area contributed by atoms with E-state index in [1.807, 2.05) is 0 Å². The van der Waals surface area contributed by atoms with E-state index in [-0.39, 0.29) is 33.8 Å². The molecule has 0 aromatic heterocycles. The van der Waals surface area contributed by atoms with Gasteiger partial charge in [-0.25, -0.2) is 18.4 Å². The topological polar surface area (TPSA) is 100 Å². The molecule has 6 nitrogen and oxygen atoms in total. The van der Waals surface area contributed by atoms with E-state index in [0.717, 1.165) is 23.3 Å². The highest BCUT2D eigenvalue weighted by molar-refractivity contribution is 5.91. The zero-order valence-corrected chi connectivity index (χ0v) is 19.1. The third-order valence-electron chi connectivity index (χ3n) is 5.33. The highest BCUT2D eigenvalue weighted by Gasteiger charge is 2.13. The first-order valence-corrected chi connectivity index (χ1v) is 10.9. The molecule has 0 bridgehead atoms. The minimum Gasteiger partial charge on any atom is -0.423 e. The molecule has 0 spiro atoms. The van der Waals surface area contributed by atoms with Crippen LogP contribution in [-0.2, 0) is 6.42 Å². The van der Waals surface area contributed by atoms with Crippen LogP contribution >= 0.6 is 0 Å². The lowest BCUT2D eigenvalue weighted by atomic mass is 10.0. The molecule has 4 aromatic rings. The van der Waals surface area contributed by atoms with Crippen LogP contribution in [0, 0.1) is 34.3 Å². The van der Waals surface area contributed by atoms with E-state index >= 15 is 0 Å². The Morgan fingerprint density at radius 1 is 0.622 bits per heavy atom. The Labute approximate surface area is 210 Å². The first-order chi connectivity index (χ1) is 17.9. The van der Waals surface area contributed by atoms with Crippen LogP contribution in [0.4, 0.5) is 8.78 Å². The number of benzene rings is 4. The van der Waals surface area contributed by atoms with Gasteiger partial charge in [0.25, 0.3) is 0 Å². The molecule has 0 unspecified atom stereocenters. The van der Waals surface area contributed by atoms with Crippen LogP contribution in [-0.4, -0.2) is 11.9 Å². The number of nitriles is 2. The molecule has 8 heteroatoms. The molecule has 0 atom stereocenters. The molecule has 0 N–H and O–H groups in total. The average Bonchev–Trinajstić information content (AvgIpc) is 2.90.